The first kappa shape index (κ1) is 21.2. The number of rotatable bonds is 5. The van der Waals surface area contributed by atoms with Gasteiger partial charge in [-0.3, -0.25) is 14.6 Å². The average molecular weight is 421 g/mol. The zero-order valence-corrected chi connectivity index (χ0v) is 17.8. The SMILES string of the molecule is O=C(c1cnccn1)N1CCC[C@H](C(=O)N2CC[NH+](C/C=C/c3ccccc3)CC2)C1. The van der Waals surface area contributed by atoms with E-state index in [9.17, 15) is 9.59 Å². The molecular formula is C24H30N5O2+. The average Bonchev–Trinajstić information content (AvgIpc) is 2.85. The van der Waals surface area contributed by atoms with Crippen LogP contribution in [0.15, 0.2) is 55.0 Å². The van der Waals surface area contributed by atoms with E-state index in [1.165, 1.54) is 22.9 Å². The van der Waals surface area contributed by atoms with Crippen LogP contribution in [-0.2, 0) is 4.79 Å². The molecule has 31 heavy (non-hydrogen) atoms. The molecule has 2 aliphatic heterocycles. The number of carbonyl (C=O) groups excluding carboxylic acids is 2. The Labute approximate surface area is 183 Å². The van der Waals surface area contributed by atoms with Gasteiger partial charge in [-0.05, 0) is 24.5 Å². The molecule has 162 valence electrons. The van der Waals surface area contributed by atoms with Gasteiger partial charge in [-0.1, -0.05) is 36.4 Å². The molecule has 2 aromatic rings. The van der Waals surface area contributed by atoms with Gasteiger partial charge in [-0.15, -0.1) is 0 Å². The van der Waals surface area contributed by atoms with E-state index in [0.29, 0.717) is 18.8 Å². The Balaban J connectivity index is 1.25. The summed E-state index contributed by atoms with van der Waals surface area (Å²) in [5.41, 5.74) is 1.56. The zero-order valence-electron chi connectivity index (χ0n) is 17.8. The lowest BCUT2D eigenvalue weighted by atomic mass is 9.96. The Morgan fingerprint density at radius 1 is 1.06 bits per heavy atom. The smallest absolute Gasteiger partial charge is 0.274 e. The minimum absolute atomic E-state index is 0.117. The number of hydrogen-bond acceptors (Lipinski definition) is 4. The summed E-state index contributed by atoms with van der Waals surface area (Å²) >= 11 is 0. The van der Waals surface area contributed by atoms with Crippen molar-refractivity contribution in [2.24, 2.45) is 5.92 Å². The topological polar surface area (TPSA) is 70.8 Å². The first-order chi connectivity index (χ1) is 15.2. The molecule has 7 heteroatoms. The van der Waals surface area contributed by atoms with Crippen molar-refractivity contribution in [2.45, 2.75) is 12.8 Å². The number of piperidine rings is 1. The number of hydrogen-bond donors (Lipinski definition) is 1. The number of piperazine rings is 1. The largest absolute Gasteiger partial charge is 0.336 e. The van der Waals surface area contributed by atoms with Gasteiger partial charge >= 0.3 is 0 Å². The fourth-order valence-corrected chi connectivity index (χ4v) is 4.37. The lowest BCUT2D eigenvalue weighted by molar-refractivity contribution is -0.898. The van der Waals surface area contributed by atoms with Crippen LogP contribution in [0.25, 0.3) is 6.08 Å². The van der Waals surface area contributed by atoms with Crippen molar-refractivity contribution in [1.29, 1.82) is 0 Å². The van der Waals surface area contributed by atoms with Gasteiger partial charge in [-0.2, -0.15) is 0 Å². The quantitative estimate of drug-likeness (QED) is 0.776. The van der Waals surface area contributed by atoms with Crippen molar-refractivity contribution in [3.63, 3.8) is 0 Å². The predicted molar refractivity (Wildman–Crippen MR) is 118 cm³/mol. The molecule has 7 nitrogen and oxygen atoms in total. The van der Waals surface area contributed by atoms with Crippen LogP contribution in [0.4, 0.5) is 0 Å². The van der Waals surface area contributed by atoms with Crippen LogP contribution < -0.4 is 4.90 Å². The predicted octanol–water partition coefficient (Wildman–Crippen LogP) is 0.769. The van der Waals surface area contributed by atoms with Crippen molar-refractivity contribution in [2.75, 3.05) is 45.8 Å². The highest BCUT2D eigenvalue weighted by Gasteiger charge is 2.33. The standard InChI is InChI=1S/C24H29N5O2/c30-23(21-9-5-13-29(19-21)24(31)22-18-25-10-11-26-22)28-16-14-27(15-17-28)12-4-8-20-6-2-1-3-7-20/h1-4,6-8,10-11,18,21H,5,9,12-17,19H2/p+1/b8-4+/t21-/m0/s1. The number of quaternary nitrogens is 1. The fourth-order valence-electron chi connectivity index (χ4n) is 4.37. The van der Waals surface area contributed by atoms with Gasteiger partial charge in [0.25, 0.3) is 5.91 Å². The lowest BCUT2D eigenvalue weighted by Gasteiger charge is -2.37. The molecule has 0 unspecified atom stereocenters. The van der Waals surface area contributed by atoms with Crippen LogP contribution >= 0.6 is 0 Å². The van der Waals surface area contributed by atoms with Gasteiger partial charge in [-0.25, -0.2) is 4.98 Å². The number of carbonyl (C=O) groups is 2. The highest BCUT2D eigenvalue weighted by molar-refractivity contribution is 5.92. The van der Waals surface area contributed by atoms with E-state index >= 15 is 0 Å². The first-order valence-corrected chi connectivity index (χ1v) is 11.1. The summed E-state index contributed by atoms with van der Waals surface area (Å²) in [7, 11) is 0. The van der Waals surface area contributed by atoms with Gasteiger partial charge in [0.2, 0.25) is 5.91 Å². The van der Waals surface area contributed by atoms with Crippen LogP contribution in [0.2, 0.25) is 0 Å². The van der Waals surface area contributed by atoms with Crippen molar-refractivity contribution < 1.29 is 14.5 Å². The molecule has 4 rings (SSSR count). The van der Waals surface area contributed by atoms with Gasteiger partial charge in [0.1, 0.15) is 5.69 Å². The summed E-state index contributed by atoms with van der Waals surface area (Å²) in [5, 5.41) is 0. The van der Waals surface area contributed by atoms with E-state index in [-0.39, 0.29) is 17.7 Å². The molecule has 0 aliphatic carbocycles. The number of nitrogens with zero attached hydrogens (tertiary/aromatic N) is 4. The molecule has 1 aromatic heterocycles. The second kappa shape index (κ2) is 10.3. The highest BCUT2D eigenvalue weighted by atomic mass is 16.2. The third-order valence-electron chi connectivity index (χ3n) is 6.14. The number of benzene rings is 1. The second-order valence-electron chi connectivity index (χ2n) is 8.27. The molecular weight excluding hydrogens is 390 g/mol. The maximum absolute atomic E-state index is 13.1. The minimum atomic E-state index is -0.134. The Kier molecular flexibility index (Phi) is 7.04. The molecule has 1 N–H and O–H groups in total. The summed E-state index contributed by atoms with van der Waals surface area (Å²) in [6.45, 7) is 5.59. The normalized spacial score (nSPS) is 20.2. The molecule has 0 spiro atoms. The molecule has 2 saturated heterocycles. The van der Waals surface area contributed by atoms with E-state index < -0.39 is 0 Å². The maximum atomic E-state index is 13.1. The van der Waals surface area contributed by atoms with Gasteiger partial charge in [0, 0.05) is 25.5 Å². The molecule has 0 radical (unpaired) electrons. The molecule has 1 aromatic carbocycles. The van der Waals surface area contributed by atoms with E-state index in [4.69, 9.17) is 0 Å². The molecule has 3 heterocycles. The summed E-state index contributed by atoms with van der Waals surface area (Å²) in [6.07, 6.45) is 10.6. The Morgan fingerprint density at radius 2 is 1.87 bits per heavy atom. The van der Waals surface area contributed by atoms with Crippen LogP contribution in [0, 0.1) is 5.92 Å². The van der Waals surface area contributed by atoms with E-state index in [0.717, 1.165) is 45.6 Å². The molecule has 0 saturated carbocycles. The highest BCUT2D eigenvalue weighted by Crippen LogP contribution is 2.20. The summed E-state index contributed by atoms with van der Waals surface area (Å²) in [4.78, 5) is 39.1. The van der Waals surface area contributed by atoms with Gasteiger partial charge < -0.3 is 14.7 Å². The summed E-state index contributed by atoms with van der Waals surface area (Å²) in [5.74, 6) is -0.0607. The first-order valence-electron chi connectivity index (χ1n) is 11.1. The monoisotopic (exact) mass is 420 g/mol. The third-order valence-corrected chi connectivity index (χ3v) is 6.14. The van der Waals surface area contributed by atoms with Crippen LogP contribution in [0.1, 0.15) is 28.9 Å². The van der Waals surface area contributed by atoms with E-state index in [1.54, 1.807) is 11.1 Å². The van der Waals surface area contributed by atoms with Crippen LogP contribution in [0.3, 0.4) is 0 Å². The summed E-state index contributed by atoms with van der Waals surface area (Å²) < 4.78 is 0. The van der Waals surface area contributed by atoms with E-state index in [1.807, 2.05) is 23.1 Å². The Morgan fingerprint density at radius 3 is 2.61 bits per heavy atom. The fraction of sp³-hybridized carbons (Fsp3) is 0.417. The summed E-state index contributed by atoms with van der Waals surface area (Å²) in [6, 6.07) is 10.3. The van der Waals surface area contributed by atoms with Crippen LogP contribution in [0.5, 0.6) is 0 Å². The Hall–Kier alpha value is -3.06. The minimum Gasteiger partial charge on any atom is -0.336 e. The number of nitrogens with one attached hydrogen (secondary N) is 1. The molecule has 0 bridgehead atoms. The number of aromatic nitrogens is 2. The van der Waals surface area contributed by atoms with Crippen LogP contribution in [-0.4, -0.2) is 77.4 Å². The van der Waals surface area contributed by atoms with Crippen molar-refractivity contribution in [3.05, 3.63) is 66.3 Å². The molecule has 2 fully saturated rings. The number of likely N-dealkylation sites (tertiary alicyclic amines) is 1. The third kappa shape index (κ3) is 5.55. The van der Waals surface area contributed by atoms with Gasteiger partial charge in [0.05, 0.1) is 44.8 Å². The Bertz CT molecular complexity index is 895. The molecule has 2 amide bonds. The molecule has 1 atom stereocenters. The lowest BCUT2D eigenvalue weighted by Crippen LogP contribution is -3.14. The van der Waals surface area contributed by atoms with Crippen molar-refractivity contribution in [1.82, 2.24) is 19.8 Å². The zero-order chi connectivity index (χ0) is 21.5. The van der Waals surface area contributed by atoms with E-state index in [2.05, 4.69) is 34.3 Å². The maximum Gasteiger partial charge on any atom is 0.274 e. The number of amides is 2. The second-order valence-corrected chi connectivity index (χ2v) is 8.27. The molecule has 2 aliphatic rings. The van der Waals surface area contributed by atoms with Crippen molar-refractivity contribution in [3.8, 4) is 0 Å². The van der Waals surface area contributed by atoms with Gasteiger partial charge in [0.15, 0.2) is 0 Å². The van der Waals surface area contributed by atoms with Crippen molar-refractivity contribution >= 4 is 17.9 Å².